The van der Waals surface area contributed by atoms with Crippen molar-refractivity contribution in [2.24, 2.45) is 7.05 Å². The standard InChI is InChI=1S/C19H22N4O2/c1-10(16-12(3)22-23(5)13(16)4)21-19(25)18(24)17-11(2)20-15-9-7-6-8-14(15)17/h6-10,20H,1-5H3,(H,21,25)/t10-/m1/s1. The van der Waals surface area contributed by atoms with E-state index in [1.54, 1.807) is 11.6 Å². The van der Waals surface area contributed by atoms with Gasteiger partial charge in [-0.15, -0.1) is 0 Å². The van der Waals surface area contributed by atoms with Crippen LogP contribution in [0.3, 0.4) is 0 Å². The number of aryl methyl sites for hydroxylation is 3. The van der Waals surface area contributed by atoms with Crippen molar-refractivity contribution in [2.75, 3.05) is 0 Å². The van der Waals surface area contributed by atoms with Gasteiger partial charge in [-0.2, -0.15) is 5.10 Å². The summed E-state index contributed by atoms with van der Waals surface area (Å²) in [5.41, 5.74) is 4.75. The lowest BCUT2D eigenvalue weighted by atomic mass is 10.0. The topological polar surface area (TPSA) is 79.8 Å². The summed E-state index contributed by atoms with van der Waals surface area (Å²) in [6.45, 7) is 7.52. The second-order valence-corrected chi connectivity index (χ2v) is 6.40. The molecule has 0 spiro atoms. The minimum absolute atomic E-state index is 0.296. The highest BCUT2D eigenvalue weighted by molar-refractivity contribution is 6.45. The van der Waals surface area contributed by atoms with Crippen molar-refractivity contribution in [3.05, 3.63) is 52.5 Å². The third-order valence-corrected chi connectivity index (χ3v) is 4.67. The van der Waals surface area contributed by atoms with Gasteiger partial charge >= 0.3 is 0 Å². The molecule has 25 heavy (non-hydrogen) atoms. The fraction of sp³-hybridized carbons (Fsp3) is 0.316. The van der Waals surface area contributed by atoms with Crippen LogP contribution in [0.1, 0.15) is 46.0 Å². The van der Waals surface area contributed by atoms with Crippen LogP contribution in [0.5, 0.6) is 0 Å². The average Bonchev–Trinajstić information content (AvgIpc) is 3.01. The Balaban J connectivity index is 1.88. The fourth-order valence-corrected chi connectivity index (χ4v) is 3.43. The van der Waals surface area contributed by atoms with Crippen molar-refractivity contribution in [1.29, 1.82) is 0 Å². The van der Waals surface area contributed by atoms with Crippen LogP contribution in [0.4, 0.5) is 0 Å². The smallest absolute Gasteiger partial charge is 0.292 e. The zero-order valence-electron chi connectivity index (χ0n) is 15.1. The molecule has 2 heterocycles. The van der Waals surface area contributed by atoms with Crippen LogP contribution < -0.4 is 5.32 Å². The molecule has 6 heteroatoms. The monoisotopic (exact) mass is 338 g/mol. The zero-order valence-corrected chi connectivity index (χ0v) is 15.1. The molecule has 3 rings (SSSR count). The number of aromatic amines is 1. The van der Waals surface area contributed by atoms with Gasteiger partial charge in [0.05, 0.1) is 17.3 Å². The molecular formula is C19H22N4O2. The molecule has 0 aliphatic carbocycles. The summed E-state index contributed by atoms with van der Waals surface area (Å²) in [6.07, 6.45) is 0. The number of nitrogens with one attached hydrogen (secondary N) is 2. The Morgan fingerprint density at radius 3 is 2.52 bits per heavy atom. The van der Waals surface area contributed by atoms with Gasteiger partial charge in [0.1, 0.15) is 0 Å². The largest absolute Gasteiger partial charge is 0.358 e. The summed E-state index contributed by atoms with van der Waals surface area (Å²) in [7, 11) is 1.86. The minimum atomic E-state index is -0.608. The van der Waals surface area contributed by atoms with Gasteiger partial charge in [-0.25, -0.2) is 0 Å². The van der Waals surface area contributed by atoms with Gasteiger partial charge in [0.15, 0.2) is 0 Å². The predicted octanol–water partition coefficient (Wildman–Crippen LogP) is 2.89. The maximum Gasteiger partial charge on any atom is 0.292 e. The molecule has 130 valence electrons. The molecule has 3 aromatic rings. The quantitative estimate of drug-likeness (QED) is 0.567. The number of para-hydroxylation sites is 1. The summed E-state index contributed by atoms with van der Waals surface area (Å²) in [4.78, 5) is 28.4. The van der Waals surface area contributed by atoms with E-state index < -0.39 is 11.7 Å². The number of H-pyrrole nitrogens is 1. The second kappa shape index (κ2) is 6.20. The maximum absolute atomic E-state index is 12.7. The molecule has 1 aromatic carbocycles. The number of ketones is 1. The molecule has 0 saturated carbocycles. The van der Waals surface area contributed by atoms with E-state index in [1.807, 2.05) is 52.1 Å². The number of Topliss-reactive ketones (excluding diaryl/α,β-unsaturated/α-hetero) is 1. The molecule has 1 atom stereocenters. The summed E-state index contributed by atoms with van der Waals surface area (Å²) in [6, 6.07) is 7.19. The van der Waals surface area contributed by atoms with Crippen LogP contribution in [0.2, 0.25) is 0 Å². The van der Waals surface area contributed by atoms with Crippen LogP contribution in [0.15, 0.2) is 24.3 Å². The number of nitrogens with zero attached hydrogens (tertiary/aromatic N) is 2. The Bertz CT molecular complexity index is 981. The number of benzene rings is 1. The highest BCUT2D eigenvalue weighted by Crippen LogP contribution is 2.24. The average molecular weight is 338 g/mol. The number of fused-ring (bicyclic) bond motifs is 1. The molecule has 0 bridgehead atoms. The van der Waals surface area contributed by atoms with E-state index in [4.69, 9.17) is 0 Å². The second-order valence-electron chi connectivity index (χ2n) is 6.40. The first-order chi connectivity index (χ1) is 11.8. The van der Waals surface area contributed by atoms with Gasteiger partial charge in [0.2, 0.25) is 0 Å². The lowest BCUT2D eigenvalue weighted by Gasteiger charge is -2.14. The van der Waals surface area contributed by atoms with Gasteiger partial charge in [-0.3, -0.25) is 14.3 Å². The van der Waals surface area contributed by atoms with Gasteiger partial charge in [-0.1, -0.05) is 18.2 Å². The van der Waals surface area contributed by atoms with Crippen LogP contribution in [-0.2, 0) is 11.8 Å². The number of hydrogen-bond acceptors (Lipinski definition) is 3. The van der Waals surface area contributed by atoms with Crippen molar-refractivity contribution in [3.63, 3.8) is 0 Å². The van der Waals surface area contributed by atoms with E-state index in [1.165, 1.54) is 0 Å². The first-order valence-electron chi connectivity index (χ1n) is 8.23. The number of amides is 1. The molecular weight excluding hydrogens is 316 g/mol. The number of aromatic nitrogens is 3. The van der Waals surface area contributed by atoms with Gasteiger partial charge in [0.25, 0.3) is 11.7 Å². The van der Waals surface area contributed by atoms with E-state index in [-0.39, 0.29) is 6.04 Å². The maximum atomic E-state index is 12.7. The minimum Gasteiger partial charge on any atom is -0.358 e. The Morgan fingerprint density at radius 1 is 1.20 bits per heavy atom. The van der Waals surface area contributed by atoms with Crippen molar-refractivity contribution in [2.45, 2.75) is 33.7 Å². The summed E-state index contributed by atoms with van der Waals surface area (Å²) >= 11 is 0. The van der Waals surface area contributed by atoms with Gasteiger partial charge in [-0.05, 0) is 33.8 Å². The molecule has 2 aromatic heterocycles. The molecule has 0 aliphatic rings. The molecule has 1 amide bonds. The third-order valence-electron chi connectivity index (χ3n) is 4.67. The lowest BCUT2D eigenvalue weighted by molar-refractivity contribution is -0.117. The van der Waals surface area contributed by atoms with Crippen molar-refractivity contribution in [1.82, 2.24) is 20.1 Å². The van der Waals surface area contributed by atoms with E-state index in [9.17, 15) is 9.59 Å². The van der Waals surface area contributed by atoms with Crippen LogP contribution in [0.25, 0.3) is 10.9 Å². The Labute approximate surface area is 146 Å². The van der Waals surface area contributed by atoms with Crippen molar-refractivity contribution >= 4 is 22.6 Å². The van der Waals surface area contributed by atoms with E-state index in [0.29, 0.717) is 11.3 Å². The highest BCUT2D eigenvalue weighted by atomic mass is 16.2. The lowest BCUT2D eigenvalue weighted by Crippen LogP contribution is -2.33. The highest BCUT2D eigenvalue weighted by Gasteiger charge is 2.25. The molecule has 0 aliphatic heterocycles. The molecule has 6 nitrogen and oxygen atoms in total. The summed E-state index contributed by atoms with van der Waals surface area (Å²) in [5.74, 6) is -1.14. The molecule has 0 unspecified atom stereocenters. The number of hydrogen-bond donors (Lipinski definition) is 2. The van der Waals surface area contributed by atoms with Crippen LogP contribution in [-0.4, -0.2) is 26.5 Å². The number of rotatable bonds is 4. The normalized spacial score (nSPS) is 12.4. The summed E-state index contributed by atoms with van der Waals surface area (Å²) in [5, 5.41) is 7.94. The Morgan fingerprint density at radius 2 is 1.88 bits per heavy atom. The number of carbonyl (C=O) groups is 2. The summed E-state index contributed by atoms with van der Waals surface area (Å²) < 4.78 is 1.78. The first kappa shape index (κ1) is 17.0. The van der Waals surface area contributed by atoms with Crippen LogP contribution in [0, 0.1) is 20.8 Å². The molecule has 2 N–H and O–H groups in total. The fourth-order valence-electron chi connectivity index (χ4n) is 3.43. The molecule has 0 radical (unpaired) electrons. The number of carbonyl (C=O) groups excluding carboxylic acids is 2. The third kappa shape index (κ3) is 2.84. The zero-order chi connectivity index (χ0) is 18.3. The van der Waals surface area contributed by atoms with E-state index in [0.717, 1.165) is 27.9 Å². The first-order valence-corrected chi connectivity index (χ1v) is 8.23. The van der Waals surface area contributed by atoms with Gasteiger partial charge < -0.3 is 10.3 Å². The molecule has 0 fully saturated rings. The van der Waals surface area contributed by atoms with E-state index in [2.05, 4.69) is 15.4 Å². The van der Waals surface area contributed by atoms with Crippen LogP contribution >= 0.6 is 0 Å². The van der Waals surface area contributed by atoms with Crippen molar-refractivity contribution in [3.8, 4) is 0 Å². The van der Waals surface area contributed by atoms with Crippen molar-refractivity contribution < 1.29 is 9.59 Å². The Kier molecular flexibility index (Phi) is 4.20. The van der Waals surface area contributed by atoms with E-state index >= 15 is 0 Å². The molecule has 0 saturated heterocycles. The predicted molar refractivity (Wildman–Crippen MR) is 96.6 cm³/mol. The Hall–Kier alpha value is -2.89. The SMILES string of the molecule is Cc1nn(C)c(C)c1[C@@H](C)NC(=O)C(=O)c1c(C)[nH]c2ccccc12. The van der Waals surface area contributed by atoms with Gasteiger partial charge in [0, 0.05) is 34.9 Å².